The first-order valence-corrected chi connectivity index (χ1v) is 7.99. The van der Waals surface area contributed by atoms with Gasteiger partial charge in [-0.1, -0.05) is 39.6 Å². The van der Waals surface area contributed by atoms with Crippen molar-refractivity contribution in [2.24, 2.45) is 0 Å². The predicted molar refractivity (Wildman–Crippen MR) is 82.6 cm³/mol. The lowest BCUT2D eigenvalue weighted by molar-refractivity contribution is 0.0838. The highest BCUT2D eigenvalue weighted by molar-refractivity contribution is 9.10. The van der Waals surface area contributed by atoms with Crippen LogP contribution in [-0.2, 0) is 6.54 Å². The van der Waals surface area contributed by atoms with Gasteiger partial charge in [-0.2, -0.15) is 4.98 Å². The third kappa shape index (κ3) is 3.51. The zero-order valence-electron chi connectivity index (χ0n) is 11.7. The molecule has 0 aliphatic heterocycles. The first-order chi connectivity index (χ1) is 10.3. The van der Waals surface area contributed by atoms with Gasteiger partial charge in [-0.25, -0.2) is 0 Å². The van der Waals surface area contributed by atoms with Gasteiger partial charge in [0.2, 0.25) is 11.7 Å². The zero-order chi connectivity index (χ0) is 14.7. The van der Waals surface area contributed by atoms with Crippen molar-refractivity contribution in [2.75, 3.05) is 13.2 Å². The lowest BCUT2D eigenvalue weighted by Crippen LogP contribution is -2.41. The summed E-state index contributed by atoms with van der Waals surface area (Å²) < 4.78 is 6.34. The van der Waals surface area contributed by atoms with Gasteiger partial charge >= 0.3 is 0 Å². The molecule has 21 heavy (non-hydrogen) atoms. The maximum Gasteiger partial charge on any atom is 0.241 e. The first kappa shape index (κ1) is 14.7. The van der Waals surface area contributed by atoms with Crippen LogP contribution < -0.4 is 0 Å². The average molecular weight is 352 g/mol. The number of aliphatic hydroxyl groups excluding tert-OH is 1. The molecule has 0 spiro atoms. The quantitative estimate of drug-likeness (QED) is 0.866. The van der Waals surface area contributed by atoms with Gasteiger partial charge in [-0.05, 0) is 25.0 Å². The molecule has 0 radical (unpaired) electrons. The summed E-state index contributed by atoms with van der Waals surface area (Å²) >= 11 is 3.44. The molecule has 3 rings (SSSR count). The van der Waals surface area contributed by atoms with Crippen LogP contribution in [0.5, 0.6) is 0 Å². The fourth-order valence-electron chi connectivity index (χ4n) is 2.51. The van der Waals surface area contributed by atoms with Crippen LogP contribution >= 0.6 is 15.9 Å². The Balaban J connectivity index is 1.71. The number of hydrogen-bond acceptors (Lipinski definition) is 5. The maximum absolute atomic E-state index is 9.18. The van der Waals surface area contributed by atoms with Crippen LogP contribution in [0.3, 0.4) is 0 Å². The van der Waals surface area contributed by atoms with Crippen molar-refractivity contribution in [2.45, 2.75) is 31.8 Å². The van der Waals surface area contributed by atoms with Crippen molar-refractivity contribution in [3.63, 3.8) is 0 Å². The van der Waals surface area contributed by atoms with Gasteiger partial charge < -0.3 is 9.63 Å². The van der Waals surface area contributed by atoms with E-state index in [4.69, 9.17) is 4.52 Å². The minimum absolute atomic E-state index is 0.156. The van der Waals surface area contributed by atoms with Crippen LogP contribution in [-0.4, -0.2) is 39.3 Å². The topological polar surface area (TPSA) is 62.4 Å². The SMILES string of the molecule is OCCN(Cc1nc(-c2cccc(Br)c2)no1)C1CCC1. The molecule has 0 bridgehead atoms. The van der Waals surface area contributed by atoms with Crippen molar-refractivity contribution in [3.05, 3.63) is 34.6 Å². The van der Waals surface area contributed by atoms with E-state index in [2.05, 4.69) is 31.0 Å². The lowest BCUT2D eigenvalue weighted by atomic mass is 9.91. The van der Waals surface area contributed by atoms with Crippen molar-refractivity contribution >= 4 is 15.9 Å². The smallest absolute Gasteiger partial charge is 0.241 e. The molecule has 5 nitrogen and oxygen atoms in total. The van der Waals surface area contributed by atoms with E-state index in [-0.39, 0.29) is 6.61 Å². The van der Waals surface area contributed by atoms with Crippen LogP contribution in [0.25, 0.3) is 11.4 Å². The second-order valence-electron chi connectivity index (χ2n) is 5.30. The summed E-state index contributed by atoms with van der Waals surface area (Å²) in [4.78, 5) is 6.69. The number of halogens is 1. The van der Waals surface area contributed by atoms with E-state index >= 15 is 0 Å². The molecule has 112 valence electrons. The minimum atomic E-state index is 0.156. The number of rotatable bonds is 6. The van der Waals surface area contributed by atoms with E-state index < -0.39 is 0 Å². The summed E-state index contributed by atoms with van der Waals surface area (Å²) in [7, 11) is 0. The second kappa shape index (κ2) is 6.68. The summed E-state index contributed by atoms with van der Waals surface area (Å²) in [5.74, 6) is 1.20. The molecule has 6 heteroatoms. The molecular formula is C15H18BrN3O2. The lowest BCUT2D eigenvalue weighted by Gasteiger charge is -2.36. The van der Waals surface area contributed by atoms with E-state index in [0.29, 0.717) is 30.8 Å². The number of aromatic nitrogens is 2. The Morgan fingerprint density at radius 3 is 2.90 bits per heavy atom. The van der Waals surface area contributed by atoms with Crippen molar-refractivity contribution < 1.29 is 9.63 Å². The van der Waals surface area contributed by atoms with Crippen LogP contribution in [0.1, 0.15) is 25.2 Å². The number of aliphatic hydroxyl groups is 1. The number of hydrogen-bond donors (Lipinski definition) is 1. The summed E-state index contributed by atoms with van der Waals surface area (Å²) in [6.07, 6.45) is 3.64. The van der Waals surface area contributed by atoms with Gasteiger partial charge in [0.1, 0.15) is 0 Å². The Hall–Kier alpha value is -1.24. The van der Waals surface area contributed by atoms with Crippen LogP contribution in [0.15, 0.2) is 33.3 Å². The maximum atomic E-state index is 9.18. The zero-order valence-corrected chi connectivity index (χ0v) is 13.3. The van der Waals surface area contributed by atoms with Crippen LogP contribution in [0.4, 0.5) is 0 Å². The highest BCUT2D eigenvalue weighted by atomic mass is 79.9. The predicted octanol–water partition coefficient (Wildman–Crippen LogP) is 2.85. The standard InChI is InChI=1S/C15H18BrN3O2/c16-12-4-1-3-11(9-12)15-17-14(21-18-15)10-19(7-8-20)13-5-2-6-13/h1,3-4,9,13,20H,2,5-8,10H2. The molecule has 1 N–H and O–H groups in total. The Morgan fingerprint density at radius 1 is 1.38 bits per heavy atom. The van der Waals surface area contributed by atoms with Gasteiger partial charge in [0, 0.05) is 22.6 Å². The average Bonchev–Trinajstić information content (AvgIpc) is 2.85. The van der Waals surface area contributed by atoms with Gasteiger partial charge in [0.25, 0.3) is 0 Å². The van der Waals surface area contributed by atoms with E-state index in [1.807, 2.05) is 24.3 Å². The van der Waals surface area contributed by atoms with Crippen molar-refractivity contribution in [3.8, 4) is 11.4 Å². The molecule has 0 atom stereocenters. The van der Waals surface area contributed by atoms with Crippen molar-refractivity contribution in [1.29, 1.82) is 0 Å². The van der Waals surface area contributed by atoms with Crippen LogP contribution in [0.2, 0.25) is 0 Å². The van der Waals surface area contributed by atoms with Gasteiger partial charge in [0.15, 0.2) is 0 Å². The van der Waals surface area contributed by atoms with Crippen LogP contribution in [0, 0.1) is 0 Å². The fraction of sp³-hybridized carbons (Fsp3) is 0.467. The first-order valence-electron chi connectivity index (χ1n) is 7.19. The fourth-order valence-corrected chi connectivity index (χ4v) is 2.91. The highest BCUT2D eigenvalue weighted by Gasteiger charge is 2.26. The summed E-state index contributed by atoms with van der Waals surface area (Å²) in [6.45, 7) is 1.41. The second-order valence-corrected chi connectivity index (χ2v) is 6.22. The Morgan fingerprint density at radius 2 is 2.24 bits per heavy atom. The third-order valence-corrected chi connectivity index (χ3v) is 4.36. The third-order valence-electron chi connectivity index (χ3n) is 3.87. The number of nitrogens with zero attached hydrogens (tertiary/aromatic N) is 3. The molecule has 1 aromatic carbocycles. The Bertz CT molecular complexity index is 598. The molecule has 1 heterocycles. The molecule has 1 fully saturated rings. The molecule has 1 aliphatic carbocycles. The van der Waals surface area contributed by atoms with E-state index in [0.717, 1.165) is 10.0 Å². The molecule has 2 aromatic rings. The normalized spacial score (nSPS) is 15.4. The highest BCUT2D eigenvalue weighted by Crippen LogP contribution is 2.26. The molecular weight excluding hydrogens is 334 g/mol. The van der Waals surface area contributed by atoms with E-state index in [9.17, 15) is 5.11 Å². The largest absolute Gasteiger partial charge is 0.395 e. The van der Waals surface area contributed by atoms with Gasteiger partial charge in [-0.3, -0.25) is 4.90 Å². The monoisotopic (exact) mass is 351 g/mol. The Labute approximate surface area is 132 Å². The Kier molecular flexibility index (Phi) is 4.67. The summed E-state index contributed by atoms with van der Waals surface area (Å²) in [6, 6.07) is 8.37. The number of benzene rings is 1. The molecule has 1 aromatic heterocycles. The summed E-state index contributed by atoms with van der Waals surface area (Å²) in [5.41, 5.74) is 0.928. The van der Waals surface area contributed by atoms with Gasteiger partial charge in [0.05, 0.1) is 13.2 Å². The molecule has 1 aliphatic rings. The van der Waals surface area contributed by atoms with Crippen molar-refractivity contribution in [1.82, 2.24) is 15.0 Å². The molecule has 0 saturated heterocycles. The van der Waals surface area contributed by atoms with E-state index in [1.165, 1.54) is 19.3 Å². The molecule has 1 saturated carbocycles. The summed E-state index contributed by atoms with van der Waals surface area (Å²) in [5, 5.41) is 13.2. The molecule has 0 amide bonds. The van der Waals surface area contributed by atoms with Gasteiger partial charge in [-0.15, -0.1) is 0 Å². The van der Waals surface area contributed by atoms with E-state index in [1.54, 1.807) is 0 Å². The minimum Gasteiger partial charge on any atom is -0.395 e. The molecule has 0 unspecified atom stereocenters.